The number of nitrogens with two attached hydrogens (primary N) is 1. The Kier molecular flexibility index (Phi) is 9.00. The fourth-order valence-electron chi connectivity index (χ4n) is 2.38. The summed E-state index contributed by atoms with van der Waals surface area (Å²) >= 11 is 0. The van der Waals surface area contributed by atoms with Gasteiger partial charge in [0.1, 0.15) is 11.8 Å². The maximum Gasteiger partial charge on any atom is 0.308 e. The van der Waals surface area contributed by atoms with Crippen molar-refractivity contribution >= 4 is 17.8 Å². The lowest BCUT2D eigenvalue weighted by molar-refractivity contribution is -0.131. The monoisotopic (exact) mass is 346 g/mol. The Bertz CT molecular complexity index is 613. The fourth-order valence-corrected chi connectivity index (χ4v) is 2.38. The third-order valence-electron chi connectivity index (χ3n) is 3.66. The van der Waals surface area contributed by atoms with Gasteiger partial charge in [0.2, 0.25) is 5.91 Å². The van der Waals surface area contributed by atoms with Crippen molar-refractivity contribution in [1.82, 2.24) is 5.32 Å². The summed E-state index contributed by atoms with van der Waals surface area (Å²) < 4.78 is 4.95. The van der Waals surface area contributed by atoms with Gasteiger partial charge in [0.15, 0.2) is 0 Å². The molecule has 0 fully saturated rings. The van der Waals surface area contributed by atoms with Crippen molar-refractivity contribution in [1.29, 1.82) is 0 Å². The number of esters is 1. The molecule has 0 bridgehead atoms. The molecule has 0 unspecified atom stereocenters. The number of unbranched alkanes of at least 4 members (excludes halogenated alkanes) is 4. The lowest BCUT2D eigenvalue weighted by Crippen LogP contribution is -2.44. The molecule has 0 saturated carbocycles. The number of ether oxygens (including phenoxy) is 1. The number of primary amides is 1. The number of hydrogen-bond donors (Lipinski definition) is 2. The first-order chi connectivity index (χ1) is 11.9. The van der Waals surface area contributed by atoms with Gasteiger partial charge in [0.05, 0.1) is 0 Å². The van der Waals surface area contributed by atoms with Crippen LogP contribution in [-0.2, 0) is 9.59 Å². The average Bonchev–Trinajstić information content (AvgIpc) is 2.56. The zero-order valence-electron chi connectivity index (χ0n) is 14.6. The molecule has 1 aromatic rings. The highest BCUT2D eigenvalue weighted by molar-refractivity contribution is 5.97. The molecule has 25 heavy (non-hydrogen) atoms. The minimum Gasteiger partial charge on any atom is -0.427 e. The number of carbonyl (C=O) groups is 3. The molecule has 0 spiro atoms. The predicted octanol–water partition coefficient (Wildman–Crippen LogP) is 2.72. The van der Waals surface area contributed by atoms with Gasteiger partial charge in [-0.1, -0.05) is 31.4 Å². The van der Waals surface area contributed by atoms with Gasteiger partial charge in [-0.3, -0.25) is 14.4 Å². The van der Waals surface area contributed by atoms with E-state index in [1.165, 1.54) is 13.0 Å². The first kappa shape index (κ1) is 20.4. The van der Waals surface area contributed by atoms with E-state index in [0.29, 0.717) is 12.0 Å². The normalized spacial score (nSPS) is 11.4. The molecular formula is C19H26N2O4. The van der Waals surface area contributed by atoms with E-state index in [0.717, 1.165) is 32.1 Å². The van der Waals surface area contributed by atoms with E-state index in [1.807, 2.05) is 6.08 Å². The summed E-state index contributed by atoms with van der Waals surface area (Å²) in [5, 5.41) is 2.65. The van der Waals surface area contributed by atoms with Crippen molar-refractivity contribution < 1.29 is 19.1 Å². The minimum atomic E-state index is -0.718. The number of hydrogen-bond acceptors (Lipinski definition) is 4. The van der Waals surface area contributed by atoms with Crippen molar-refractivity contribution in [3.8, 4) is 5.75 Å². The predicted molar refractivity (Wildman–Crippen MR) is 96.1 cm³/mol. The maximum absolute atomic E-state index is 12.3. The van der Waals surface area contributed by atoms with Crippen LogP contribution in [0.15, 0.2) is 36.9 Å². The van der Waals surface area contributed by atoms with Gasteiger partial charge in [-0.2, -0.15) is 0 Å². The zero-order valence-corrected chi connectivity index (χ0v) is 14.6. The molecule has 0 aromatic heterocycles. The van der Waals surface area contributed by atoms with Crippen molar-refractivity contribution in [2.75, 3.05) is 0 Å². The van der Waals surface area contributed by atoms with E-state index in [9.17, 15) is 14.4 Å². The molecule has 0 aliphatic heterocycles. The van der Waals surface area contributed by atoms with Crippen LogP contribution < -0.4 is 15.8 Å². The molecule has 0 aliphatic rings. The molecule has 6 heteroatoms. The van der Waals surface area contributed by atoms with Crippen molar-refractivity contribution in [2.45, 2.75) is 51.5 Å². The van der Waals surface area contributed by atoms with E-state index in [4.69, 9.17) is 10.5 Å². The Morgan fingerprint density at radius 1 is 1.24 bits per heavy atom. The fraction of sp³-hybridized carbons (Fsp3) is 0.421. The standard InChI is InChI=1S/C19H26N2O4/c1-3-4-5-6-7-8-12-17(18(20)23)21-19(24)15-10-9-11-16(13-15)25-14(2)22/h3,9-11,13,17H,1,4-8,12H2,2H3,(H2,20,23)(H,21,24)/t17-/m1/s1. The molecule has 136 valence electrons. The lowest BCUT2D eigenvalue weighted by Gasteiger charge is -2.15. The highest BCUT2D eigenvalue weighted by Gasteiger charge is 2.19. The minimum absolute atomic E-state index is 0.276. The van der Waals surface area contributed by atoms with Gasteiger partial charge in [-0.25, -0.2) is 0 Å². The molecule has 0 saturated heterocycles. The molecule has 1 aromatic carbocycles. The maximum atomic E-state index is 12.3. The van der Waals surface area contributed by atoms with Gasteiger partial charge in [0, 0.05) is 12.5 Å². The molecule has 2 amide bonds. The van der Waals surface area contributed by atoms with Crippen molar-refractivity contribution in [3.05, 3.63) is 42.5 Å². The topological polar surface area (TPSA) is 98.5 Å². The van der Waals surface area contributed by atoms with E-state index < -0.39 is 23.8 Å². The van der Waals surface area contributed by atoms with Crippen LogP contribution in [0.25, 0.3) is 0 Å². The van der Waals surface area contributed by atoms with Crippen LogP contribution in [0.2, 0.25) is 0 Å². The number of amides is 2. The van der Waals surface area contributed by atoms with E-state index in [1.54, 1.807) is 18.2 Å². The molecule has 1 rings (SSSR count). The van der Waals surface area contributed by atoms with Gasteiger partial charge in [0.25, 0.3) is 5.91 Å². The Hall–Kier alpha value is -2.63. The number of benzene rings is 1. The first-order valence-corrected chi connectivity index (χ1v) is 8.43. The van der Waals surface area contributed by atoms with E-state index >= 15 is 0 Å². The van der Waals surface area contributed by atoms with Crippen LogP contribution in [0, 0.1) is 0 Å². The second-order valence-electron chi connectivity index (χ2n) is 5.83. The summed E-state index contributed by atoms with van der Waals surface area (Å²) in [4.78, 5) is 34.9. The SMILES string of the molecule is C=CCCCCCC[C@@H](NC(=O)c1cccc(OC(C)=O)c1)C(N)=O. The third kappa shape index (κ3) is 8.15. The molecule has 6 nitrogen and oxygen atoms in total. The highest BCUT2D eigenvalue weighted by Crippen LogP contribution is 2.14. The highest BCUT2D eigenvalue weighted by atomic mass is 16.5. The van der Waals surface area contributed by atoms with E-state index in [2.05, 4.69) is 11.9 Å². The third-order valence-corrected chi connectivity index (χ3v) is 3.66. The largest absolute Gasteiger partial charge is 0.427 e. The Morgan fingerprint density at radius 2 is 1.96 bits per heavy atom. The van der Waals surface area contributed by atoms with Gasteiger partial charge in [-0.15, -0.1) is 6.58 Å². The van der Waals surface area contributed by atoms with Crippen molar-refractivity contribution in [2.24, 2.45) is 5.73 Å². The second kappa shape index (κ2) is 11.0. The lowest BCUT2D eigenvalue weighted by atomic mass is 10.1. The van der Waals surface area contributed by atoms with Gasteiger partial charge >= 0.3 is 5.97 Å². The average molecular weight is 346 g/mol. The Balaban J connectivity index is 2.56. The zero-order chi connectivity index (χ0) is 18.7. The van der Waals surface area contributed by atoms with Crippen LogP contribution in [0.3, 0.4) is 0 Å². The van der Waals surface area contributed by atoms with Crippen LogP contribution >= 0.6 is 0 Å². The molecule has 1 atom stereocenters. The van der Waals surface area contributed by atoms with Crippen LogP contribution in [0.1, 0.15) is 55.8 Å². The first-order valence-electron chi connectivity index (χ1n) is 8.43. The Labute approximate surface area is 148 Å². The number of carbonyl (C=O) groups excluding carboxylic acids is 3. The number of rotatable bonds is 11. The second-order valence-corrected chi connectivity index (χ2v) is 5.83. The molecule has 0 aliphatic carbocycles. The summed E-state index contributed by atoms with van der Waals surface area (Å²) in [5.74, 6) is -1.18. The molecule has 0 radical (unpaired) electrons. The molecular weight excluding hydrogens is 320 g/mol. The van der Waals surface area contributed by atoms with Crippen molar-refractivity contribution in [3.63, 3.8) is 0 Å². The van der Waals surface area contributed by atoms with Crippen LogP contribution in [-0.4, -0.2) is 23.8 Å². The molecule has 3 N–H and O–H groups in total. The summed E-state index contributed by atoms with van der Waals surface area (Å²) in [6.07, 6.45) is 7.26. The van der Waals surface area contributed by atoms with Crippen LogP contribution in [0.4, 0.5) is 0 Å². The van der Waals surface area contributed by atoms with Gasteiger partial charge < -0.3 is 15.8 Å². The quantitative estimate of drug-likeness (QED) is 0.278. The Morgan fingerprint density at radius 3 is 2.60 bits per heavy atom. The summed E-state index contributed by atoms with van der Waals surface area (Å²) in [6.45, 7) is 4.96. The van der Waals surface area contributed by atoms with E-state index in [-0.39, 0.29) is 5.75 Å². The summed E-state index contributed by atoms with van der Waals surface area (Å²) in [5.41, 5.74) is 5.69. The summed E-state index contributed by atoms with van der Waals surface area (Å²) in [7, 11) is 0. The number of allylic oxidation sites excluding steroid dienone is 1. The van der Waals surface area contributed by atoms with Gasteiger partial charge in [-0.05, 0) is 37.5 Å². The summed E-state index contributed by atoms with van der Waals surface area (Å²) in [6, 6.07) is 5.49. The smallest absolute Gasteiger partial charge is 0.308 e. The van der Waals surface area contributed by atoms with Crippen LogP contribution in [0.5, 0.6) is 5.75 Å². The molecule has 0 heterocycles. The number of nitrogens with one attached hydrogen (secondary N) is 1.